The van der Waals surface area contributed by atoms with Crippen LogP contribution in [0.15, 0.2) is 17.0 Å². The van der Waals surface area contributed by atoms with Crippen molar-refractivity contribution in [3.05, 3.63) is 23.3 Å². The van der Waals surface area contributed by atoms with E-state index in [4.69, 9.17) is 20.2 Å². The first kappa shape index (κ1) is 16.5. The Morgan fingerprint density at radius 3 is 2.25 bits per heavy atom. The van der Waals surface area contributed by atoms with E-state index < -0.39 is 21.0 Å². The van der Waals surface area contributed by atoms with Crippen LogP contribution >= 0.6 is 10.7 Å². The van der Waals surface area contributed by atoms with Crippen molar-refractivity contribution in [1.82, 2.24) is 0 Å². The van der Waals surface area contributed by atoms with E-state index in [0.29, 0.717) is 5.56 Å². The molecule has 0 bridgehead atoms. The van der Waals surface area contributed by atoms with E-state index in [0.717, 1.165) is 6.92 Å². The second-order valence-corrected chi connectivity index (χ2v) is 6.49. The van der Waals surface area contributed by atoms with Crippen molar-refractivity contribution < 1.29 is 27.5 Å². The number of carbonyl (C=O) groups excluding carboxylic acids is 2. The number of carbonyl (C=O) groups is 2. The molecule has 1 aromatic rings. The Morgan fingerprint density at radius 1 is 1.20 bits per heavy atom. The van der Waals surface area contributed by atoms with Crippen molar-refractivity contribution >= 4 is 31.7 Å². The third-order valence-corrected chi connectivity index (χ3v) is 3.87. The predicted octanol–water partition coefficient (Wildman–Crippen LogP) is 1.91. The Balaban J connectivity index is 3.35. The fourth-order valence-electron chi connectivity index (χ4n) is 1.58. The first-order valence-corrected chi connectivity index (χ1v) is 7.82. The predicted molar refractivity (Wildman–Crippen MR) is 71.0 cm³/mol. The lowest BCUT2D eigenvalue weighted by atomic mass is 10.1. The smallest absolute Gasteiger partial charge is 0.308 e. The Kier molecular flexibility index (Phi) is 5.13. The van der Waals surface area contributed by atoms with Crippen LogP contribution in [0.2, 0.25) is 0 Å². The van der Waals surface area contributed by atoms with Gasteiger partial charge in [-0.2, -0.15) is 0 Å². The molecule has 1 rings (SSSR count). The van der Waals surface area contributed by atoms with Gasteiger partial charge < -0.3 is 9.47 Å². The summed E-state index contributed by atoms with van der Waals surface area (Å²) in [6.45, 7) is 3.77. The zero-order chi connectivity index (χ0) is 15.5. The molecule has 0 saturated carbocycles. The summed E-state index contributed by atoms with van der Waals surface area (Å²) in [5, 5.41) is 0. The molecular weight excluding hydrogens is 308 g/mol. The van der Waals surface area contributed by atoms with E-state index in [1.54, 1.807) is 0 Å². The minimum Gasteiger partial charge on any atom is -0.461 e. The highest BCUT2D eigenvalue weighted by Crippen LogP contribution is 2.32. The van der Waals surface area contributed by atoms with Gasteiger partial charge in [-0.05, 0) is 24.1 Å². The van der Waals surface area contributed by atoms with Crippen molar-refractivity contribution in [2.24, 2.45) is 0 Å². The molecule has 20 heavy (non-hydrogen) atoms. The average molecular weight is 321 g/mol. The minimum absolute atomic E-state index is 0.0963. The summed E-state index contributed by atoms with van der Waals surface area (Å²) in [4.78, 5) is 21.5. The summed E-state index contributed by atoms with van der Waals surface area (Å²) >= 11 is 0. The molecule has 0 fully saturated rings. The SMILES string of the molecule is CC(=O)OCc1ccc(OC(C)=O)c(S(=O)(=O)Cl)c1C. The highest BCUT2D eigenvalue weighted by molar-refractivity contribution is 8.13. The third kappa shape index (κ3) is 4.21. The summed E-state index contributed by atoms with van der Waals surface area (Å²) in [5.41, 5.74) is 0.718. The first-order valence-electron chi connectivity index (χ1n) is 5.52. The maximum atomic E-state index is 11.6. The number of esters is 2. The van der Waals surface area contributed by atoms with Gasteiger partial charge in [-0.15, -0.1) is 0 Å². The van der Waals surface area contributed by atoms with Crippen LogP contribution in [0.25, 0.3) is 0 Å². The van der Waals surface area contributed by atoms with Crippen LogP contribution in [0.3, 0.4) is 0 Å². The normalized spacial score (nSPS) is 11.0. The Bertz CT molecular complexity index is 650. The van der Waals surface area contributed by atoms with Crippen molar-refractivity contribution in [2.75, 3.05) is 0 Å². The molecule has 0 aliphatic carbocycles. The molecule has 1 aromatic carbocycles. The monoisotopic (exact) mass is 320 g/mol. The molecule has 0 aliphatic heterocycles. The minimum atomic E-state index is -4.12. The lowest BCUT2D eigenvalue weighted by Gasteiger charge is -2.13. The average Bonchev–Trinajstić information content (AvgIpc) is 2.24. The molecule has 0 unspecified atom stereocenters. The molecule has 0 aliphatic rings. The van der Waals surface area contributed by atoms with E-state index in [9.17, 15) is 18.0 Å². The van der Waals surface area contributed by atoms with Crippen molar-refractivity contribution in [3.8, 4) is 5.75 Å². The van der Waals surface area contributed by atoms with Crippen LogP contribution in [-0.2, 0) is 30.0 Å². The van der Waals surface area contributed by atoms with Gasteiger partial charge in [-0.1, -0.05) is 6.07 Å². The second-order valence-electron chi connectivity index (χ2n) is 3.99. The van der Waals surface area contributed by atoms with Crippen molar-refractivity contribution in [1.29, 1.82) is 0 Å². The molecule has 0 saturated heterocycles. The van der Waals surface area contributed by atoms with Gasteiger partial charge in [0.05, 0.1) is 0 Å². The number of ether oxygens (including phenoxy) is 2. The molecule has 0 aromatic heterocycles. The van der Waals surface area contributed by atoms with E-state index in [-0.39, 0.29) is 22.8 Å². The van der Waals surface area contributed by atoms with Gasteiger partial charge in [-0.3, -0.25) is 9.59 Å². The summed E-state index contributed by atoms with van der Waals surface area (Å²) < 4.78 is 32.9. The third-order valence-electron chi connectivity index (χ3n) is 2.41. The molecule has 0 amide bonds. The zero-order valence-electron chi connectivity index (χ0n) is 11.1. The van der Waals surface area contributed by atoms with Gasteiger partial charge in [0.1, 0.15) is 11.5 Å². The summed E-state index contributed by atoms with van der Waals surface area (Å²) in [6, 6.07) is 2.80. The molecule has 0 atom stereocenters. The van der Waals surface area contributed by atoms with Gasteiger partial charge in [0.25, 0.3) is 9.05 Å². The Labute approximate surface area is 121 Å². The molecule has 0 heterocycles. The number of rotatable bonds is 4. The van der Waals surface area contributed by atoms with Gasteiger partial charge in [0, 0.05) is 24.5 Å². The zero-order valence-corrected chi connectivity index (χ0v) is 12.7. The quantitative estimate of drug-likeness (QED) is 0.478. The van der Waals surface area contributed by atoms with Crippen LogP contribution in [-0.4, -0.2) is 20.4 Å². The summed E-state index contributed by atoms with van der Waals surface area (Å²) in [5.74, 6) is -1.32. The Morgan fingerprint density at radius 2 is 1.80 bits per heavy atom. The molecule has 8 heteroatoms. The molecule has 0 radical (unpaired) electrons. The fourth-order valence-corrected chi connectivity index (χ4v) is 3.00. The maximum absolute atomic E-state index is 11.6. The van der Waals surface area contributed by atoms with E-state index >= 15 is 0 Å². The van der Waals surface area contributed by atoms with Gasteiger partial charge >= 0.3 is 11.9 Å². The van der Waals surface area contributed by atoms with Gasteiger partial charge in [-0.25, -0.2) is 8.42 Å². The number of hydrogen-bond donors (Lipinski definition) is 0. The van der Waals surface area contributed by atoms with Gasteiger partial charge in [0.15, 0.2) is 5.75 Å². The van der Waals surface area contributed by atoms with Crippen LogP contribution in [0.5, 0.6) is 5.75 Å². The van der Waals surface area contributed by atoms with E-state index in [1.807, 2.05) is 0 Å². The number of hydrogen-bond acceptors (Lipinski definition) is 6. The van der Waals surface area contributed by atoms with Gasteiger partial charge in [0.2, 0.25) is 0 Å². The first-order chi connectivity index (χ1) is 9.12. The maximum Gasteiger partial charge on any atom is 0.308 e. The van der Waals surface area contributed by atoms with Crippen LogP contribution in [0, 0.1) is 6.92 Å². The molecule has 6 nitrogen and oxygen atoms in total. The van der Waals surface area contributed by atoms with Crippen LogP contribution in [0.4, 0.5) is 0 Å². The highest BCUT2D eigenvalue weighted by Gasteiger charge is 2.23. The molecular formula is C12H13ClO6S. The Hall–Kier alpha value is -1.60. The summed E-state index contributed by atoms with van der Waals surface area (Å²) in [6.07, 6.45) is 0. The largest absolute Gasteiger partial charge is 0.461 e. The lowest BCUT2D eigenvalue weighted by Crippen LogP contribution is -2.09. The topological polar surface area (TPSA) is 86.7 Å². The lowest BCUT2D eigenvalue weighted by molar-refractivity contribution is -0.142. The standard InChI is InChI=1S/C12H13ClO6S/c1-7-10(6-18-8(2)14)4-5-11(19-9(3)15)12(7)20(13,16)17/h4-5H,6H2,1-3H3. The fraction of sp³-hybridized carbons (Fsp3) is 0.333. The summed E-state index contributed by atoms with van der Waals surface area (Å²) in [7, 11) is 1.24. The molecule has 0 N–H and O–H groups in total. The highest BCUT2D eigenvalue weighted by atomic mass is 35.7. The van der Waals surface area contributed by atoms with Crippen LogP contribution in [0.1, 0.15) is 25.0 Å². The van der Waals surface area contributed by atoms with Crippen molar-refractivity contribution in [3.63, 3.8) is 0 Å². The number of benzene rings is 1. The molecule has 110 valence electrons. The second kappa shape index (κ2) is 6.23. The van der Waals surface area contributed by atoms with E-state index in [1.165, 1.54) is 26.0 Å². The number of halogens is 1. The van der Waals surface area contributed by atoms with Crippen LogP contribution < -0.4 is 4.74 Å². The molecule has 0 spiro atoms. The van der Waals surface area contributed by atoms with Crippen molar-refractivity contribution in [2.45, 2.75) is 32.3 Å². The van der Waals surface area contributed by atoms with E-state index in [2.05, 4.69) is 0 Å².